The molecule has 1 rings (SSSR count). The first-order valence-corrected chi connectivity index (χ1v) is 7.50. The minimum atomic E-state index is -0.974. The summed E-state index contributed by atoms with van der Waals surface area (Å²) in [6.45, 7) is 7.25. The van der Waals surface area contributed by atoms with Gasteiger partial charge in [-0.2, -0.15) is 0 Å². The van der Waals surface area contributed by atoms with Gasteiger partial charge in [-0.25, -0.2) is 4.79 Å². The van der Waals surface area contributed by atoms with E-state index in [0.29, 0.717) is 16.3 Å². The normalized spacial score (nSPS) is 11.4. The molecule has 0 radical (unpaired) electrons. The van der Waals surface area contributed by atoms with Crippen molar-refractivity contribution in [2.24, 2.45) is 5.73 Å². The van der Waals surface area contributed by atoms with E-state index in [1.807, 2.05) is 25.8 Å². The van der Waals surface area contributed by atoms with Crippen LogP contribution in [0, 0.1) is 10.1 Å². The van der Waals surface area contributed by atoms with Gasteiger partial charge in [0, 0.05) is 31.1 Å². The average molecular weight is 344 g/mol. The molecule has 0 heterocycles. The summed E-state index contributed by atoms with van der Waals surface area (Å²) in [7, 11) is 1.85. The highest BCUT2D eigenvalue weighted by Gasteiger charge is 2.28. The number of amides is 1. The van der Waals surface area contributed by atoms with Crippen LogP contribution in [0.2, 0.25) is 5.02 Å². The molecule has 0 fully saturated rings. The molecular weight excluding hydrogens is 322 g/mol. The van der Waals surface area contributed by atoms with Crippen LogP contribution >= 0.6 is 11.6 Å². The topological polar surface area (TPSA) is 98.7 Å². The number of carbonyl (C=O) groups is 1. The van der Waals surface area contributed by atoms with Gasteiger partial charge in [-0.3, -0.25) is 10.1 Å². The second-order valence-electron chi connectivity index (χ2n) is 6.25. The number of halogens is 1. The summed E-state index contributed by atoms with van der Waals surface area (Å²) in [4.78, 5) is 23.7. The third kappa shape index (κ3) is 4.99. The number of nitrogens with zero attached hydrogens (tertiary/aromatic N) is 2. The van der Waals surface area contributed by atoms with Crippen LogP contribution in [-0.4, -0.2) is 29.7 Å². The van der Waals surface area contributed by atoms with Gasteiger partial charge in [-0.1, -0.05) is 11.6 Å². The highest BCUT2D eigenvalue weighted by molar-refractivity contribution is 6.33. The molecule has 0 unspecified atom stereocenters. The molecule has 1 amide bonds. The Balaban J connectivity index is 3.35. The fraction of sp³-hybridized carbons (Fsp3) is 0.533. The van der Waals surface area contributed by atoms with Crippen molar-refractivity contribution in [1.29, 1.82) is 0 Å². The number of nitro benzene ring substituents is 1. The molecule has 7 nitrogen and oxygen atoms in total. The van der Waals surface area contributed by atoms with E-state index in [-0.39, 0.29) is 18.2 Å². The lowest BCUT2D eigenvalue weighted by Gasteiger charge is -2.27. The number of primary amides is 1. The number of carbonyl (C=O) groups excluding carboxylic acids is 1. The van der Waals surface area contributed by atoms with Crippen molar-refractivity contribution in [2.45, 2.75) is 45.8 Å². The van der Waals surface area contributed by atoms with E-state index in [0.717, 1.165) is 0 Å². The van der Waals surface area contributed by atoms with E-state index in [1.165, 1.54) is 6.07 Å². The van der Waals surface area contributed by atoms with E-state index >= 15 is 0 Å². The van der Waals surface area contributed by atoms with E-state index < -0.39 is 16.6 Å². The second kappa shape index (κ2) is 7.04. The number of benzene rings is 1. The van der Waals surface area contributed by atoms with Crippen LogP contribution in [0.25, 0.3) is 0 Å². The minimum Gasteiger partial charge on any atom is -0.443 e. The molecule has 0 spiro atoms. The molecule has 0 bridgehead atoms. The second-order valence-corrected chi connectivity index (χ2v) is 6.66. The molecule has 0 aliphatic rings. The van der Waals surface area contributed by atoms with E-state index in [1.54, 1.807) is 19.9 Å². The monoisotopic (exact) mass is 343 g/mol. The first kappa shape index (κ1) is 19.0. The average Bonchev–Trinajstić information content (AvgIpc) is 2.37. The molecule has 0 aromatic heterocycles. The van der Waals surface area contributed by atoms with Crippen LogP contribution in [0.4, 0.5) is 16.2 Å². The van der Waals surface area contributed by atoms with Gasteiger partial charge in [0.05, 0.1) is 15.6 Å². The molecule has 1 aromatic carbocycles. The van der Waals surface area contributed by atoms with Crippen molar-refractivity contribution >= 4 is 29.1 Å². The maximum Gasteiger partial charge on any atom is 0.405 e. The van der Waals surface area contributed by atoms with Gasteiger partial charge in [-0.05, 0) is 33.8 Å². The number of nitrogens with two attached hydrogens (primary N) is 1. The molecule has 128 valence electrons. The van der Waals surface area contributed by atoms with Crippen LogP contribution < -0.4 is 10.6 Å². The molecule has 8 heteroatoms. The summed E-state index contributed by atoms with van der Waals surface area (Å²) < 4.78 is 5.02. The van der Waals surface area contributed by atoms with Gasteiger partial charge in [0.25, 0.3) is 5.69 Å². The number of ether oxygens (including phenoxy) is 1. The molecule has 0 saturated heterocycles. The zero-order chi connectivity index (χ0) is 17.9. The lowest BCUT2D eigenvalue weighted by atomic mass is 9.96. The van der Waals surface area contributed by atoms with E-state index in [4.69, 9.17) is 22.1 Å². The maximum atomic E-state index is 11.3. The third-order valence-electron chi connectivity index (χ3n) is 3.49. The predicted octanol–water partition coefficient (Wildman–Crippen LogP) is 3.51. The van der Waals surface area contributed by atoms with Crippen LogP contribution in [0.1, 0.15) is 33.3 Å². The number of nitro groups is 1. The lowest BCUT2D eigenvalue weighted by Crippen LogP contribution is -2.33. The summed E-state index contributed by atoms with van der Waals surface area (Å²) in [6, 6.07) is 3.15. The van der Waals surface area contributed by atoms with Crippen LogP contribution in [-0.2, 0) is 11.2 Å². The highest BCUT2D eigenvalue weighted by Crippen LogP contribution is 2.35. The van der Waals surface area contributed by atoms with Gasteiger partial charge >= 0.3 is 6.09 Å². The molecule has 0 aliphatic carbocycles. The van der Waals surface area contributed by atoms with Gasteiger partial charge in [0.2, 0.25) is 0 Å². The summed E-state index contributed by atoms with van der Waals surface area (Å²) >= 11 is 6.19. The Bertz CT molecular complexity index is 617. The smallest absolute Gasteiger partial charge is 0.405 e. The Morgan fingerprint density at radius 3 is 2.48 bits per heavy atom. The van der Waals surface area contributed by atoms with Crippen molar-refractivity contribution in [1.82, 2.24) is 0 Å². The molecule has 1 aromatic rings. The van der Waals surface area contributed by atoms with Crippen molar-refractivity contribution < 1.29 is 14.5 Å². The molecule has 2 N–H and O–H groups in total. The van der Waals surface area contributed by atoms with Crippen LogP contribution in [0.3, 0.4) is 0 Å². The molecule has 0 aliphatic heterocycles. The predicted molar refractivity (Wildman–Crippen MR) is 90.1 cm³/mol. The standard InChI is InChI=1S/C15H22ClN3O4/c1-9(2)18(5)13-6-10(8-15(3,4)23-14(17)20)12(19(21)22)7-11(13)16/h6-7,9H,8H2,1-5H3,(H2,17,20). The van der Waals surface area contributed by atoms with Crippen molar-refractivity contribution in [3.05, 3.63) is 32.8 Å². The molecule has 0 atom stereocenters. The lowest BCUT2D eigenvalue weighted by molar-refractivity contribution is -0.385. The van der Waals surface area contributed by atoms with Crippen molar-refractivity contribution in [2.75, 3.05) is 11.9 Å². The van der Waals surface area contributed by atoms with Crippen LogP contribution in [0.5, 0.6) is 0 Å². The molecule has 0 saturated carbocycles. The zero-order valence-electron chi connectivity index (χ0n) is 13.9. The Morgan fingerprint density at radius 2 is 2.04 bits per heavy atom. The number of anilines is 1. The third-order valence-corrected chi connectivity index (χ3v) is 3.80. The Kier molecular flexibility index (Phi) is 5.82. The largest absolute Gasteiger partial charge is 0.443 e. The SMILES string of the molecule is CC(C)N(C)c1cc(CC(C)(C)OC(N)=O)c([N+](=O)[O-])cc1Cl. The maximum absolute atomic E-state index is 11.3. The summed E-state index contributed by atoms with van der Waals surface area (Å²) in [6.07, 6.45) is -0.784. The summed E-state index contributed by atoms with van der Waals surface area (Å²) in [5, 5.41) is 11.6. The summed E-state index contributed by atoms with van der Waals surface area (Å²) in [5.41, 5.74) is 5.06. The van der Waals surface area contributed by atoms with Crippen LogP contribution in [0.15, 0.2) is 12.1 Å². The molecule has 23 heavy (non-hydrogen) atoms. The number of hydrogen-bond acceptors (Lipinski definition) is 5. The fourth-order valence-electron chi connectivity index (χ4n) is 2.22. The Labute approximate surface area is 140 Å². The Hall–Kier alpha value is -2.02. The van der Waals surface area contributed by atoms with Gasteiger partial charge < -0.3 is 15.4 Å². The first-order chi connectivity index (χ1) is 10.4. The quantitative estimate of drug-likeness (QED) is 0.629. The van der Waals surface area contributed by atoms with E-state index in [2.05, 4.69) is 0 Å². The van der Waals surface area contributed by atoms with Gasteiger partial charge in [0.1, 0.15) is 5.60 Å². The number of rotatable bonds is 6. The van der Waals surface area contributed by atoms with Crippen molar-refractivity contribution in [3.8, 4) is 0 Å². The number of hydrogen-bond donors (Lipinski definition) is 1. The highest BCUT2D eigenvalue weighted by atomic mass is 35.5. The molecular formula is C15H22ClN3O4. The Morgan fingerprint density at radius 1 is 1.48 bits per heavy atom. The zero-order valence-corrected chi connectivity index (χ0v) is 14.7. The van der Waals surface area contributed by atoms with Gasteiger partial charge in [-0.15, -0.1) is 0 Å². The fourth-order valence-corrected chi connectivity index (χ4v) is 2.51. The summed E-state index contributed by atoms with van der Waals surface area (Å²) in [5.74, 6) is 0. The first-order valence-electron chi connectivity index (χ1n) is 7.12. The van der Waals surface area contributed by atoms with E-state index in [9.17, 15) is 14.9 Å². The minimum absolute atomic E-state index is 0.114. The van der Waals surface area contributed by atoms with Crippen molar-refractivity contribution in [3.63, 3.8) is 0 Å². The van der Waals surface area contributed by atoms with Gasteiger partial charge in [0.15, 0.2) is 0 Å².